The van der Waals surface area contributed by atoms with Gasteiger partial charge in [0, 0.05) is 23.1 Å². The molecule has 0 saturated heterocycles. The fraction of sp³-hybridized carbons (Fsp3) is 0.263. The second-order valence-corrected chi connectivity index (χ2v) is 7.41. The lowest BCUT2D eigenvalue weighted by molar-refractivity contribution is 0.659. The molecule has 0 aliphatic heterocycles. The van der Waals surface area contributed by atoms with Crippen molar-refractivity contribution in [2.45, 2.75) is 33.7 Å². The Morgan fingerprint density at radius 1 is 1.15 bits per heavy atom. The van der Waals surface area contributed by atoms with E-state index < -0.39 is 0 Å². The van der Waals surface area contributed by atoms with Crippen LogP contribution in [0.2, 0.25) is 0 Å². The van der Waals surface area contributed by atoms with Gasteiger partial charge in [-0.1, -0.05) is 30.4 Å². The first-order valence-corrected chi connectivity index (χ1v) is 9.60. The van der Waals surface area contributed by atoms with Gasteiger partial charge in [-0.2, -0.15) is 9.61 Å². The summed E-state index contributed by atoms with van der Waals surface area (Å²) in [6.07, 6.45) is 0.723. The zero-order valence-corrected chi connectivity index (χ0v) is 16.2. The second-order valence-electron chi connectivity index (χ2n) is 6.45. The van der Waals surface area contributed by atoms with Crippen LogP contribution in [-0.2, 0) is 13.0 Å². The van der Waals surface area contributed by atoms with E-state index in [1.54, 1.807) is 0 Å². The van der Waals surface area contributed by atoms with E-state index in [-0.39, 0.29) is 5.56 Å². The average Bonchev–Trinajstić information content (AvgIpc) is 3.17. The van der Waals surface area contributed by atoms with E-state index in [9.17, 15) is 4.79 Å². The summed E-state index contributed by atoms with van der Waals surface area (Å²) in [6, 6.07) is 11.7. The van der Waals surface area contributed by atoms with E-state index >= 15 is 0 Å². The normalized spacial score (nSPS) is 11.2. The van der Waals surface area contributed by atoms with Crippen LogP contribution in [0.15, 0.2) is 41.2 Å². The first-order chi connectivity index (χ1) is 13.0. The SMILES string of the molecule is CCc1cc(=O)n2nc(Nc3cccc(Cn4nc(C)cc4C)c3)sc2n1. The molecule has 0 unspecified atom stereocenters. The van der Waals surface area contributed by atoms with Gasteiger partial charge in [-0.25, -0.2) is 4.98 Å². The molecule has 0 atom stereocenters. The Kier molecular flexibility index (Phi) is 4.49. The second kappa shape index (κ2) is 6.96. The number of rotatable bonds is 5. The number of hydrogen-bond acceptors (Lipinski definition) is 6. The molecule has 7 nitrogen and oxygen atoms in total. The van der Waals surface area contributed by atoms with Crippen molar-refractivity contribution in [3.63, 3.8) is 0 Å². The molecule has 0 aliphatic rings. The van der Waals surface area contributed by atoms with Gasteiger partial charge in [-0.15, -0.1) is 5.10 Å². The Hall–Kier alpha value is -3.00. The number of aromatic nitrogens is 5. The van der Waals surface area contributed by atoms with Gasteiger partial charge in [0.1, 0.15) is 0 Å². The van der Waals surface area contributed by atoms with E-state index in [1.165, 1.54) is 21.9 Å². The lowest BCUT2D eigenvalue weighted by Gasteiger charge is -2.07. The molecule has 0 amide bonds. The Labute approximate surface area is 160 Å². The van der Waals surface area contributed by atoms with Gasteiger partial charge in [0.2, 0.25) is 10.1 Å². The molecule has 3 heterocycles. The number of hydrogen-bond donors (Lipinski definition) is 1. The molecule has 1 aromatic carbocycles. The highest BCUT2D eigenvalue weighted by molar-refractivity contribution is 7.20. The zero-order chi connectivity index (χ0) is 19.0. The van der Waals surface area contributed by atoms with Crippen molar-refractivity contribution >= 4 is 27.1 Å². The highest BCUT2D eigenvalue weighted by Crippen LogP contribution is 2.22. The molecule has 1 N–H and O–H groups in total. The predicted molar refractivity (Wildman–Crippen MR) is 107 cm³/mol. The Morgan fingerprint density at radius 2 is 2.00 bits per heavy atom. The van der Waals surface area contributed by atoms with Crippen molar-refractivity contribution in [2.24, 2.45) is 0 Å². The molecule has 0 radical (unpaired) electrons. The minimum atomic E-state index is -0.153. The molecule has 4 aromatic rings. The molecule has 0 saturated carbocycles. The van der Waals surface area contributed by atoms with Crippen LogP contribution in [0.5, 0.6) is 0 Å². The highest BCUT2D eigenvalue weighted by atomic mass is 32.1. The monoisotopic (exact) mass is 380 g/mol. The van der Waals surface area contributed by atoms with Crippen molar-refractivity contribution in [3.05, 3.63) is 69.4 Å². The third-order valence-corrected chi connectivity index (χ3v) is 5.10. The van der Waals surface area contributed by atoms with E-state index in [2.05, 4.69) is 45.6 Å². The Bertz CT molecular complexity index is 1170. The fourth-order valence-corrected chi connectivity index (χ4v) is 3.81. The molecule has 8 heteroatoms. The first-order valence-electron chi connectivity index (χ1n) is 8.78. The van der Waals surface area contributed by atoms with Crippen LogP contribution in [0.25, 0.3) is 4.96 Å². The van der Waals surface area contributed by atoms with Crippen molar-refractivity contribution < 1.29 is 0 Å². The summed E-state index contributed by atoms with van der Waals surface area (Å²) in [4.78, 5) is 17.2. The van der Waals surface area contributed by atoms with Crippen molar-refractivity contribution in [2.75, 3.05) is 5.32 Å². The van der Waals surface area contributed by atoms with Gasteiger partial charge < -0.3 is 5.32 Å². The number of nitrogens with zero attached hydrogens (tertiary/aromatic N) is 5. The van der Waals surface area contributed by atoms with Crippen LogP contribution >= 0.6 is 11.3 Å². The zero-order valence-electron chi connectivity index (χ0n) is 15.4. The minimum absolute atomic E-state index is 0.153. The topological polar surface area (TPSA) is 77.1 Å². The molecule has 3 aromatic heterocycles. The summed E-state index contributed by atoms with van der Waals surface area (Å²) >= 11 is 1.36. The molecule has 0 aliphatic carbocycles. The first kappa shape index (κ1) is 17.4. The van der Waals surface area contributed by atoms with Gasteiger partial charge >= 0.3 is 0 Å². The Morgan fingerprint density at radius 3 is 2.74 bits per heavy atom. The van der Waals surface area contributed by atoms with Crippen molar-refractivity contribution in [1.82, 2.24) is 24.4 Å². The van der Waals surface area contributed by atoms with Gasteiger partial charge in [0.15, 0.2) is 0 Å². The lowest BCUT2D eigenvalue weighted by Crippen LogP contribution is -2.15. The van der Waals surface area contributed by atoms with Crippen molar-refractivity contribution in [3.8, 4) is 0 Å². The van der Waals surface area contributed by atoms with Crippen LogP contribution in [-0.4, -0.2) is 24.4 Å². The summed E-state index contributed by atoms with van der Waals surface area (Å²) in [7, 11) is 0. The number of nitrogens with one attached hydrogen (secondary N) is 1. The largest absolute Gasteiger partial charge is 0.330 e. The molecule has 0 fully saturated rings. The summed E-state index contributed by atoms with van der Waals surface area (Å²) in [5.41, 5.74) is 4.82. The predicted octanol–water partition coefficient (Wildman–Crippen LogP) is 3.32. The Balaban J connectivity index is 1.59. The van der Waals surface area contributed by atoms with E-state index in [4.69, 9.17) is 0 Å². The minimum Gasteiger partial charge on any atom is -0.330 e. The van der Waals surface area contributed by atoms with Crippen LogP contribution in [0, 0.1) is 13.8 Å². The molecule has 0 bridgehead atoms. The van der Waals surface area contributed by atoms with Gasteiger partial charge in [-0.05, 0) is 44.0 Å². The third kappa shape index (κ3) is 3.61. The fourth-order valence-electron chi connectivity index (χ4n) is 2.97. The van der Waals surface area contributed by atoms with Crippen LogP contribution in [0.4, 0.5) is 10.8 Å². The highest BCUT2D eigenvalue weighted by Gasteiger charge is 2.09. The van der Waals surface area contributed by atoms with Crippen molar-refractivity contribution in [1.29, 1.82) is 0 Å². The lowest BCUT2D eigenvalue weighted by atomic mass is 10.2. The van der Waals surface area contributed by atoms with Crippen LogP contribution < -0.4 is 10.9 Å². The van der Waals surface area contributed by atoms with E-state index in [0.717, 1.165) is 34.8 Å². The maximum atomic E-state index is 12.1. The average molecular weight is 380 g/mol. The third-order valence-electron chi connectivity index (χ3n) is 4.27. The summed E-state index contributed by atoms with van der Waals surface area (Å²) in [5, 5.41) is 12.8. The molecular weight excluding hydrogens is 360 g/mol. The molecule has 4 rings (SSSR count). The number of benzene rings is 1. The maximum Gasteiger partial charge on any atom is 0.275 e. The van der Waals surface area contributed by atoms with E-state index in [1.807, 2.05) is 30.7 Å². The number of fused-ring (bicyclic) bond motifs is 1. The molecule has 0 spiro atoms. The molecular formula is C19H20N6OS. The molecule has 27 heavy (non-hydrogen) atoms. The molecule has 138 valence electrons. The summed E-state index contributed by atoms with van der Waals surface area (Å²) in [6.45, 7) is 6.73. The maximum absolute atomic E-state index is 12.1. The quantitative estimate of drug-likeness (QED) is 0.575. The number of aryl methyl sites for hydroxylation is 3. The van der Waals surface area contributed by atoms with Crippen LogP contribution in [0.1, 0.15) is 29.6 Å². The standard InChI is InChI=1S/C19H20N6OS/c1-4-15-10-17(26)25-19(21-15)27-18(23-25)20-16-7-5-6-14(9-16)11-24-13(3)8-12(2)22-24/h5-10H,4,11H2,1-3H3,(H,20,23). The smallest absolute Gasteiger partial charge is 0.275 e. The number of anilines is 2. The van der Waals surface area contributed by atoms with Crippen LogP contribution in [0.3, 0.4) is 0 Å². The van der Waals surface area contributed by atoms with Gasteiger partial charge in [-0.3, -0.25) is 9.48 Å². The van der Waals surface area contributed by atoms with E-state index in [0.29, 0.717) is 16.6 Å². The van der Waals surface area contributed by atoms with Gasteiger partial charge in [0.05, 0.1) is 12.2 Å². The summed E-state index contributed by atoms with van der Waals surface area (Å²) in [5.74, 6) is 0. The van der Waals surface area contributed by atoms with Gasteiger partial charge in [0.25, 0.3) is 5.56 Å². The summed E-state index contributed by atoms with van der Waals surface area (Å²) < 4.78 is 3.33.